The molecule has 0 saturated heterocycles. The summed E-state index contributed by atoms with van der Waals surface area (Å²) in [6, 6.07) is 9.17. The molecule has 0 radical (unpaired) electrons. The lowest BCUT2D eigenvalue weighted by Crippen LogP contribution is -2.14. The van der Waals surface area contributed by atoms with Gasteiger partial charge in [0.05, 0.1) is 7.11 Å². The Kier molecular flexibility index (Phi) is 7.08. The Morgan fingerprint density at radius 3 is 1.48 bits per heavy atom. The predicted octanol–water partition coefficient (Wildman–Crippen LogP) is 7.44. The molecule has 0 saturated carbocycles. The molecule has 0 heterocycles. The van der Waals surface area contributed by atoms with Gasteiger partial charge in [-0.25, -0.2) is 0 Å². The van der Waals surface area contributed by atoms with E-state index in [1.165, 1.54) is 41.5 Å². The van der Waals surface area contributed by atoms with Crippen molar-refractivity contribution in [2.75, 3.05) is 7.11 Å². The second-order valence-electron chi connectivity index (χ2n) is 11.4. The zero-order chi connectivity index (χ0) is 22.8. The maximum absolute atomic E-state index is 11.1. The molecule has 2 aromatic carbocycles. The molecule has 0 unspecified atom stereocenters. The molecule has 0 aromatic heterocycles. The average Bonchev–Trinajstić information content (AvgIpc) is 2.68. The Labute approximate surface area is 190 Å². The van der Waals surface area contributed by atoms with Crippen molar-refractivity contribution in [2.24, 2.45) is 0 Å². The molecule has 2 heteroatoms. The van der Waals surface area contributed by atoms with Crippen molar-refractivity contribution >= 4 is 0 Å². The molecule has 31 heavy (non-hydrogen) atoms. The van der Waals surface area contributed by atoms with Crippen molar-refractivity contribution < 1.29 is 9.84 Å². The van der Waals surface area contributed by atoms with Gasteiger partial charge in [-0.1, -0.05) is 78.6 Å². The molecule has 0 aliphatic heterocycles. The second kappa shape index (κ2) is 9.27. The first-order chi connectivity index (χ1) is 14.5. The van der Waals surface area contributed by atoms with Gasteiger partial charge in [0, 0.05) is 0 Å². The van der Waals surface area contributed by atoms with E-state index in [2.05, 4.69) is 65.8 Å². The maximum atomic E-state index is 11.1. The van der Waals surface area contributed by atoms with Gasteiger partial charge in [-0.15, -0.1) is 0 Å². The summed E-state index contributed by atoms with van der Waals surface area (Å²) in [5.41, 5.74) is 7.67. The number of rotatable bonds is 1. The molecule has 4 bridgehead atoms. The van der Waals surface area contributed by atoms with Crippen LogP contribution in [0.15, 0.2) is 24.3 Å². The molecule has 1 N–H and O–H groups in total. The third kappa shape index (κ3) is 5.64. The lowest BCUT2D eigenvalue weighted by atomic mass is 9.81. The summed E-state index contributed by atoms with van der Waals surface area (Å²) in [6.07, 6.45) is 8.46. The summed E-state index contributed by atoms with van der Waals surface area (Å²) in [5.74, 6) is 1.56. The van der Waals surface area contributed by atoms with Crippen molar-refractivity contribution in [2.45, 2.75) is 104 Å². The zero-order valence-electron chi connectivity index (χ0n) is 20.8. The van der Waals surface area contributed by atoms with Crippen molar-refractivity contribution in [3.8, 4) is 11.5 Å². The van der Waals surface area contributed by atoms with Crippen LogP contribution >= 0.6 is 0 Å². The third-order valence-corrected chi connectivity index (χ3v) is 6.75. The minimum absolute atomic E-state index is 0.0691. The van der Waals surface area contributed by atoms with Crippen LogP contribution in [0.1, 0.15) is 101 Å². The maximum Gasteiger partial charge on any atom is 0.125 e. The number of methoxy groups -OCH3 is 1. The number of hydrogen-bond acceptors (Lipinski definition) is 2. The quantitative estimate of drug-likeness (QED) is 0.517. The fraction of sp³-hybridized carbons (Fsp3) is 0.586. The van der Waals surface area contributed by atoms with Gasteiger partial charge in [0.2, 0.25) is 0 Å². The van der Waals surface area contributed by atoms with Crippen LogP contribution in [0.3, 0.4) is 0 Å². The number of phenols is 1. The summed E-state index contributed by atoms with van der Waals surface area (Å²) in [7, 11) is 1.80. The summed E-state index contributed by atoms with van der Waals surface area (Å²) in [6.45, 7) is 13.6. The fourth-order valence-corrected chi connectivity index (χ4v) is 4.65. The van der Waals surface area contributed by atoms with Crippen molar-refractivity contribution in [1.29, 1.82) is 0 Å². The highest BCUT2D eigenvalue weighted by Crippen LogP contribution is 2.36. The standard InChI is InChI=1S/C29H42O2/c1-28(2,3)24-16-20-12-10-8-9-11-13-22-18-25(29(4,5)6)19-23(27(22)31-7)15-14-21(17-24)26(20)30/h16-19,30H,8-15H2,1-7H3. The van der Waals surface area contributed by atoms with Crippen LogP contribution < -0.4 is 4.74 Å². The first-order valence-electron chi connectivity index (χ1n) is 12.1. The Morgan fingerprint density at radius 1 is 0.613 bits per heavy atom. The number of hydrogen-bond donors (Lipinski definition) is 1. The van der Waals surface area contributed by atoms with Crippen LogP contribution in [0.25, 0.3) is 0 Å². The van der Waals surface area contributed by atoms with E-state index in [0.29, 0.717) is 5.75 Å². The molecule has 1 aliphatic rings. The Bertz CT molecular complexity index is 910. The zero-order valence-corrected chi connectivity index (χ0v) is 20.8. The van der Waals surface area contributed by atoms with Crippen molar-refractivity contribution in [1.82, 2.24) is 0 Å². The van der Waals surface area contributed by atoms with E-state index in [9.17, 15) is 5.11 Å². The highest BCUT2D eigenvalue weighted by atomic mass is 16.5. The lowest BCUT2D eigenvalue weighted by Gasteiger charge is -2.25. The lowest BCUT2D eigenvalue weighted by molar-refractivity contribution is 0.402. The summed E-state index contributed by atoms with van der Waals surface area (Å²) in [4.78, 5) is 0. The molecule has 0 spiro atoms. The first-order valence-corrected chi connectivity index (χ1v) is 12.1. The van der Waals surface area contributed by atoms with Gasteiger partial charge in [-0.3, -0.25) is 0 Å². The number of benzene rings is 2. The van der Waals surface area contributed by atoms with E-state index in [1.807, 2.05) is 0 Å². The molecular formula is C29H42O2. The van der Waals surface area contributed by atoms with Gasteiger partial charge in [-0.2, -0.15) is 0 Å². The molecule has 0 atom stereocenters. The van der Waals surface area contributed by atoms with E-state index >= 15 is 0 Å². The molecule has 2 nitrogen and oxygen atoms in total. The minimum atomic E-state index is 0.0691. The van der Waals surface area contributed by atoms with Crippen LogP contribution in [0, 0.1) is 0 Å². The number of aromatic hydroxyl groups is 1. The Morgan fingerprint density at radius 2 is 1.00 bits per heavy atom. The number of fused-ring (bicyclic) bond motifs is 4. The highest BCUT2D eigenvalue weighted by Gasteiger charge is 2.22. The van der Waals surface area contributed by atoms with Crippen LogP contribution in [-0.4, -0.2) is 12.2 Å². The number of ether oxygens (including phenoxy) is 1. The van der Waals surface area contributed by atoms with Crippen LogP contribution in [0.2, 0.25) is 0 Å². The van der Waals surface area contributed by atoms with E-state index in [4.69, 9.17) is 4.74 Å². The largest absolute Gasteiger partial charge is 0.507 e. The molecule has 1 aliphatic carbocycles. The topological polar surface area (TPSA) is 29.5 Å². The second-order valence-corrected chi connectivity index (χ2v) is 11.4. The Hall–Kier alpha value is -1.96. The van der Waals surface area contributed by atoms with Gasteiger partial charge in [0.25, 0.3) is 0 Å². The van der Waals surface area contributed by atoms with Gasteiger partial charge in [0.15, 0.2) is 0 Å². The molecular weight excluding hydrogens is 380 g/mol. The number of phenolic OH excluding ortho intramolecular Hbond substituents is 1. The minimum Gasteiger partial charge on any atom is -0.507 e. The van der Waals surface area contributed by atoms with Crippen molar-refractivity contribution in [3.63, 3.8) is 0 Å². The monoisotopic (exact) mass is 422 g/mol. The summed E-state index contributed by atoms with van der Waals surface area (Å²) < 4.78 is 5.95. The summed E-state index contributed by atoms with van der Waals surface area (Å²) in [5, 5.41) is 11.1. The third-order valence-electron chi connectivity index (χ3n) is 6.75. The highest BCUT2D eigenvalue weighted by molar-refractivity contribution is 5.49. The smallest absolute Gasteiger partial charge is 0.125 e. The Balaban J connectivity index is 2.10. The van der Waals surface area contributed by atoms with E-state index in [0.717, 1.165) is 49.0 Å². The van der Waals surface area contributed by atoms with E-state index in [1.54, 1.807) is 7.11 Å². The van der Waals surface area contributed by atoms with Gasteiger partial charge >= 0.3 is 0 Å². The normalized spacial score (nSPS) is 16.0. The number of aryl methyl sites for hydroxylation is 4. The molecule has 0 fully saturated rings. The SMILES string of the molecule is COc1c2cc(C(C)(C)C)cc1CCc1cc(C(C)(C)C)cc(c1O)CCCCCC2. The first kappa shape index (κ1) is 23.7. The fourth-order valence-electron chi connectivity index (χ4n) is 4.65. The molecule has 3 rings (SSSR count). The van der Waals surface area contributed by atoms with Gasteiger partial charge < -0.3 is 9.84 Å². The van der Waals surface area contributed by atoms with Crippen LogP contribution in [0.4, 0.5) is 0 Å². The van der Waals surface area contributed by atoms with E-state index in [-0.39, 0.29) is 10.8 Å². The average molecular weight is 423 g/mol. The summed E-state index contributed by atoms with van der Waals surface area (Å²) >= 11 is 0. The van der Waals surface area contributed by atoms with Gasteiger partial charge in [-0.05, 0) is 82.7 Å². The predicted molar refractivity (Wildman–Crippen MR) is 132 cm³/mol. The van der Waals surface area contributed by atoms with Crippen LogP contribution in [-0.2, 0) is 36.5 Å². The van der Waals surface area contributed by atoms with Gasteiger partial charge in [0.1, 0.15) is 11.5 Å². The van der Waals surface area contributed by atoms with E-state index < -0.39 is 0 Å². The molecule has 170 valence electrons. The molecule has 2 aromatic rings. The van der Waals surface area contributed by atoms with Crippen molar-refractivity contribution in [3.05, 3.63) is 57.6 Å². The molecule has 0 amide bonds. The van der Waals surface area contributed by atoms with Crippen LogP contribution in [0.5, 0.6) is 11.5 Å².